The molecule has 0 saturated heterocycles. The Morgan fingerprint density at radius 1 is 0.917 bits per heavy atom. The second-order valence-electron chi connectivity index (χ2n) is 1.29. The van der Waals surface area contributed by atoms with Crippen LogP contribution in [0.3, 0.4) is 0 Å². The van der Waals surface area contributed by atoms with Crippen molar-refractivity contribution >= 4 is 37.6 Å². The van der Waals surface area contributed by atoms with E-state index in [0.717, 1.165) is 0 Å². The van der Waals surface area contributed by atoms with Crippen LogP contribution in [0.5, 0.6) is 0 Å². The van der Waals surface area contributed by atoms with E-state index in [-0.39, 0.29) is 12.8 Å². The molecule has 0 aliphatic rings. The van der Waals surface area contributed by atoms with E-state index in [1.165, 1.54) is 0 Å². The highest BCUT2D eigenvalue weighted by atomic mass is 32.1. The minimum atomic E-state index is -1.08. The van der Waals surface area contributed by atoms with Gasteiger partial charge in [-0.15, -0.1) is 0 Å². The first-order chi connectivity index (χ1) is 5.63. The average Bonchev–Trinajstić information content (AvgIpc) is 2.08. The van der Waals surface area contributed by atoms with Crippen molar-refractivity contribution in [2.75, 3.05) is 0 Å². The summed E-state index contributed by atoms with van der Waals surface area (Å²) < 4.78 is 0. The van der Waals surface area contributed by atoms with Crippen LogP contribution in [0.2, 0.25) is 0 Å². The van der Waals surface area contributed by atoms with Crippen molar-refractivity contribution < 1.29 is 19.8 Å². The molecule has 0 rings (SSSR count). The smallest absolute Gasteiger partial charge is 0.303 e. The molecule has 0 amide bonds. The maximum atomic E-state index is 9.64. The Balaban J connectivity index is -0.000000175. The van der Waals surface area contributed by atoms with Crippen molar-refractivity contribution in [1.82, 2.24) is 0 Å². The van der Waals surface area contributed by atoms with Gasteiger partial charge in [0.25, 0.3) is 0 Å². The molecule has 0 aliphatic heterocycles. The van der Waals surface area contributed by atoms with Gasteiger partial charge in [0.15, 0.2) is 0 Å². The van der Waals surface area contributed by atoms with Gasteiger partial charge in [-0.2, -0.15) is 0 Å². The Morgan fingerprint density at radius 3 is 1.17 bits per heavy atom. The molecule has 0 aromatic heterocycles. The van der Waals surface area contributed by atoms with Crippen LogP contribution in [0, 0.1) is 0 Å². The van der Waals surface area contributed by atoms with Crippen molar-refractivity contribution in [1.29, 1.82) is 0 Å². The van der Waals surface area contributed by atoms with E-state index in [0.29, 0.717) is 0 Å². The largest absolute Gasteiger partial charge is 0.481 e. The SMILES string of the molecule is N[S].N[S].O=C(O)CCC(=O)O. The van der Waals surface area contributed by atoms with Crippen LogP contribution >= 0.6 is 25.6 Å². The highest BCUT2D eigenvalue weighted by Gasteiger charge is 2.00. The fourth-order valence-electron chi connectivity index (χ4n) is 0.214. The maximum Gasteiger partial charge on any atom is 0.303 e. The molecule has 0 atom stereocenters. The van der Waals surface area contributed by atoms with Crippen LogP contribution in [0.25, 0.3) is 0 Å². The van der Waals surface area contributed by atoms with Crippen molar-refractivity contribution in [2.45, 2.75) is 12.8 Å². The number of hydrogen-bond donors (Lipinski definition) is 4. The molecule has 6 N–H and O–H groups in total. The van der Waals surface area contributed by atoms with Crippen LogP contribution < -0.4 is 10.3 Å². The molecule has 8 heteroatoms. The molecule has 72 valence electrons. The van der Waals surface area contributed by atoms with Gasteiger partial charge < -0.3 is 10.2 Å². The third-order valence-corrected chi connectivity index (χ3v) is 0.553. The Hall–Kier alpha value is -0.440. The molecule has 0 spiro atoms. The lowest BCUT2D eigenvalue weighted by Gasteiger charge is -1.85. The fraction of sp³-hybridized carbons (Fsp3) is 0.500. The lowest BCUT2D eigenvalue weighted by atomic mass is 10.3. The number of carboxylic acids is 2. The van der Waals surface area contributed by atoms with Crippen molar-refractivity contribution in [3.05, 3.63) is 0 Å². The normalized spacial score (nSPS) is 6.67. The Kier molecular flexibility index (Phi) is 24.8. The van der Waals surface area contributed by atoms with Crippen molar-refractivity contribution in [3.63, 3.8) is 0 Å². The molecular weight excluding hydrogens is 204 g/mol. The molecular formula is C4H10N2O4S2. The van der Waals surface area contributed by atoms with E-state index in [2.05, 4.69) is 35.9 Å². The molecule has 6 nitrogen and oxygen atoms in total. The van der Waals surface area contributed by atoms with Crippen molar-refractivity contribution in [2.24, 2.45) is 10.3 Å². The van der Waals surface area contributed by atoms with Gasteiger partial charge in [-0.1, -0.05) is 0 Å². The van der Waals surface area contributed by atoms with E-state index >= 15 is 0 Å². The lowest BCUT2D eigenvalue weighted by molar-refractivity contribution is -0.143. The number of rotatable bonds is 3. The first-order valence-corrected chi connectivity index (χ1v) is 3.48. The highest BCUT2D eigenvalue weighted by Crippen LogP contribution is 1.85. The minimum absolute atomic E-state index is 0.296. The Morgan fingerprint density at radius 2 is 1.08 bits per heavy atom. The quantitative estimate of drug-likeness (QED) is 0.525. The molecule has 2 radical (unpaired) electrons. The number of nitrogens with two attached hydrogens (primary N) is 2. The summed E-state index contributed by atoms with van der Waals surface area (Å²) >= 11 is 7.17. The van der Waals surface area contributed by atoms with Gasteiger partial charge in [-0.3, -0.25) is 19.9 Å². The first kappa shape index (κ1) is 17.6. The average molecular weight is 214 g/mol. The van der Waals surface area contributed by atoms with Gasteiger partial charge in [-0.05, 0) is 0 Å². The summed E-state index contributed by atoms with van der Waals surface area (Å²) in [4.78, 5) is 19.3. The summed E-state index contributed by atoms with van der Waals surface area (Å²) in [7, 11) is 0. The van der Waals surface area contributed by atoms with Crippen LogP contribution in [0.4, 0.5) is 0 Å². The van der Waals surface area contributed by atoms with Crippen molar-refractivity contribution in [3.8, 4) is 0 Å². The van der Waals surface area contributed by atoms with E-state index in [1.54, 1.807) is 0 Å². The zero-order chi connectivity index (χ0) is 10.6. The summed E-state index contributed by atoms with van der Waals surface area (Å²) in [5.41, 5.74) is 0. The summed E-state index contributed by atoms with van der Waals surface area (Å²) in [5, 5.41) is 24.0. The topological polar surface area (TPSA) is 127 Å². The second kappa shape index (κ2) is 16.9. The monoisotopic (exact) mass is 214 g/mol. The summed E-state index contributed by atoms with van der Waals surface area (Å²) in [5.74, 6) is -2.15. The van der Waals surface area contributed by atoms with Crippen LogP contribution in [-0.4, -0.2) is 22.2 Å². The lowest BCUT2D eigenvalue weighted by Crippen LogP contribution is -2.00. The second-order valence-corrected chi connectivity index (χ2v) is 1.29. The Labute approximate surface area is 81.0 Å². The third-order valence-electron chi connectivity index (χ3n) is 0.553. The maximum absolute atomic E-state index is 9.64. The predicted octanol–water partition coefficient (Wildman–Crippen LogP) is 0.0510. The van der Waals surface area contributed by atoms with Gasteiger partial charge in [0.05, 0.1) is 12.8 Å². The molecule has 0 fully saturated rings. The van der Waals surface area contributed by atoms with Crippen LogP contribution in [0.15, 0.2) is 0 Å². The highest BCUT2D eigenvalue weighted by molar-refractivity contribution is 7.77. The third kappa shape index (κ3) is 33.7. The molecule has 0 aromatic rings. The van der Waals surface area contributed by atoms with Gasteiger partial charge in [0.2, 0.25) is 0 Å². The zero-order valence-corrected chi connectivity index (χ0v) is 7.73. The van der Waals surface area contributed by atoms with Gasteiger partial charge in [0.1, 0.15) is 0 Å². The summed E-state index contributed by atoms with van der Waals surface area (Å²) in [6.07, 6.45) is -0.593. The molecule has 0 aromatic carbocycles. The van der Waals surface area contributed by atoms with E-state index < -0.39 is 11.9 Å². The number of carboxylic acid groups (broad SMARTS) is 2. The number of aliphatic carboxylic acids is 2. The van der Waals surface area contributed by atoms with Gasteiger partial charge in [-0.25, -0.2) is 0 Å². The first-order valence-electron chi connectivity index (χ1n) is 2.53. The minimum Gasteiger partial charge on any atom is -0.481 e. The van der Waals surface area contributed by atoms with Crippen LogP contribution in [0.1, 0.15) is 12.8 Å². The molecule has 0 heterocycles. The summed E-state index contributed by atoms with van der Waals surface area (Å²) in [6, 6.07) is 0. The summed E-state index contributed by atoms with van der Waals surface area (Å²) in [6.45, 7) is 0. The molecule has 0 aliphatic carbocycles. The van der Waals surface area contributed by atoms with E-state index in [1.807, 2.05) is 0 Å². The van der Waals surface area contributed by atoms with Crippen LogP contribution in [-0.2, 0) is 9.59 Å². The van der Waals surface area contributed by atoms with E-state index in [4.69, 9.17) is 10.2 Å². The fourth-order valence-corrected chi connectivity index (χ4v) is 0.214. The Bertz CT molecular complexity index is 108. The molecule has 0 unspecified atom stereocenters. The van der Waals surface area contributed by atoms with Gasteiger partial charge >= 0.3 is 11.9 Å². The molecule has 0 saturated carbocycles. The number of carbonyl (C=O) groups is 2. The zero-order valence-electron chi connectivity index (χ0n) is 6.10. The standard InChI is InChI=1S/C4H6O4.2H2NS/c5-3(6)1-2-4(7)8;2*1-2/h1-2H2,(H,5,6)(H,7,8);2*1H2. The molecule has 0 bridgehead atoms. The molecule has 12 heavy (non-hydrogen) atoms. The number of hydrogen-bond acceptors (Lipinski definition) is 4. The van der Waals surface area contributed by atoms with E-state index in [9.17, 15) is 9.59 Å². The van der Waals surface area contributed by atoms with Gasteiger partial charge in [0, 0.05) is 25.6 Å². The predicted molar refractivity (Wildman–Crippen MR) is 48.1 cm³/mol.